The molecular weight excluding hydrogens is 344 g/mol. The Hall–Kier alpha value is -1.69. The maximum Gasteiger partial charge on any atom is 0.303 e. The van der Waals surface area contributed by atoms with Crippen LogP contribution in [-0.4, -0.2) is 44.7 Å². The third kappa shape index (κ3) is 17.5. The summed E-state index contributed by atoms with van der Waals surface area (Å²) >= 11 is 0. The van der Waals surface area contributed by atoms with Crippen molar-refractivity contribution in [1.29, 1.82) is 0 Å². The van der Waals surface area contributed by atoms with E-state index in [0.717, 1.165) is 32.1 Å². The quantitative estimate of drug-likeness (QED) is 0.240. The number of carboxylic acid groups (broad SMARTS) is 1. The normalized spacial score (nSPS) is 16.0. The lowest BCUT2D eigenvalue weighted by atomic mass is 10.1. The van der Waals surface area contributed by atoms with E-state index >= 15 is 0 Å². The molecule has 27 heavy (non-hydrogen) atoms. The first-order valence-electron chi connectivity index (χ1n) is 9.91. The van der Waals surface area contributed by atoms with E-state index in [-0.39, 0.29) is 6.42 Å². The molecule has 0 radical (unpaired) electrons. The van der Waals surface area contributed by atoms with Gasteiger partial charge in [-0.3, -0.25) is 4.79 Å². The van der Waals surface area contributed by atoms with Gasteiger partial charge in [-0.05, 0) is 19.3 Å². The molecule has 4 N–H and O–H groups in total. The summed E-state index contributed by atoms with van der Waals surface area (Å²) in [5.74, 6) is -0.777. The highest BCUT2D eigenvalue weighted by Gasteiger charge is 2.11. The molecule has 0 aliphatic heterocycles. The van der Waals surface area contributed by atoms with Gasteiger partial charge in [0.25, 0.3) is 0 Å². The van der Waals surface area contributed by atoms with E-state index in [0.29, 0.717) is 19.3 Å². The first-order valence-corrected chi connectivity index (χ1v) is 9.91. The molecule has 0 fully saturated rings. The molecule has 0 aromatic heterocycles. The fourth-order valence-corrected chi connectivity index (χ4v) is 2.43. The van der Waals surface area contributed by atoms with Gasteiger partial charge in [0.05, 0.1) is 18.3 Å². The summed E-state index contributed by atoms with van der Waals surface area (Å²) in [5.41, 5.74) is 0. The van der Waals surface area contributed by atoms with Gasteiger partial charge >= 0.3 is 5.97 Å². The maximum atomic E-state index is 10.4. The van der Waals surface area contributed by atoms with Crippen LogP contribution in [0.2, 0.25) is 0 Å². The predicted molar refractivity (Wildman–Crippen MR) is 109 cm³/mol. The fraction of sp³-hybridized carbons (Fsp3) is 0.591. The number of rotatable bonds is 16. The summed E-state index contributed by atoms with van der Waals surface area (Å²) in [4.78, 5) is 10.4. The molecule has 0 saturated carbocycles. The molecule has 0 aromatic rings. The molecule has 0 aromatic carbocycles. The molecule has 0 spiro atoms. The Morgan fingerprint density at radius 1 is 0.778 bits per heavy atom. The summed E-state index contributed by atoms with van der Waals surface area (Å²) in [6.07, 6.45) is 18.6. The zero-order valence-corrected chi connectivity index (χ0v) is 16.4. The van der Waals surface area contributed by atoms with Crippen LogP contribution in [0, 0.1) is 0 Å². The third-order valence-electron chi connectivity index (χ3n) is 4.09. The van der Waals surface area contributed by atoms with Gasteiger partial charge in [-0.25, -0.2) is 0 Å². The zero-order chi connectivity index (χ0) is 20.3. The van der Waals surface area contributed by atoms with Crippen LogP contribution in [0.5, 0.6) is 0 Å². The molecule has 154 valence electrons. The van der Waals surface area contributed by atoms with Crippen LogP contribution in [-0.2, 0) is 4.79 Å². The number of aliphatic carboxylic acids is 1. The van der Waals surface area contributed by atoms with Crippen molar-refractivity contribution in [3.63, 3.8) is 0 Å². The standard InChI is InChI=1S/C22H36O5/c1-2-3-9-16-20(24)21(25)17-12-7-5-4-6-10-14-19(23)15-11-8-13-18-22(26)27/h4-7,10,12,14,17,19-21,23-25H,2-3,8-9,11,13,15-16,18H2,1H3,(H,26,27)/b6-4-,7-5+,14-10+,17-12+. The Balaban J connectivity index is 3.89. The van der Waals surface area contributed by atoms with Gasteiger partial charge in [-0.15, -0.1) is 0 Å². The van der Waals surface area contributed by atoms with Crippen molar-refractivity contribution in [3.8, 4) is 0 Å². The summed E-state index contributed by atoms with van der Waals surface area (Å²) in [7, 11) is 0. The van der Waals surface area contributed by atoms with Gasteiger partial charge in [0.2, 0.25) is 0 Å². The number of unbranched alkanes of at least 4 members (excludes halogenated alkanes) is 4. The second-order valence-electron chi connectivity index (χ2n) is 6.65. The van der Waals surface area contributed by atoms with Gasteiger partial charge in [-0.2, -0.15) is 0 Å². The topological polar surface area (TPSA) is 98.0 Å². The Labute approximate surface area is 163 Å². The number of aliphatic hydroxyl groups excluding tert-OH is 3. The minimum Gasteiger partial charge on any atom is -0.481 e. The van der Waals surface area contributed by atoms with E-state index < -0.39 is 24.3 Å². The van der Waals surface area contributed by atoms with Crippen LogP contribution >= 0.6 is 0 Å². The number of carbonyl (C=O) groups is 1. The molecule has 0 aliphatic rings. The van der Waals surface area contributed by atoms with Gasteiger partial charge in [-0.1, -0.05) is 87.6 Å². The Kier molecular flexibility index (Phi) is 16.6. The lowest BCUT2D eigenvalue weighted by Gasteiger charge is -2.13. The molecule has 0 rings (SSSR count). The van der Waals surface area contributed by atoms with Gasteiger partial charge in [0.1, 0.15) is 0 Å². The Morgan fingerprint density at radius 3 is 2.00 bits per heavy atom. The highest BCUT2D eigenvalue weighted by molar-refractivity contribution is 5.66. The zero-order valence-electron chi connectivity index (χ0n) is 16.4. The van der Waals surface area contributed by atoms with Crippen molar-refractivity contribution in [2.24, 2.45) is 0 Å². The maximum absolute atomic E-state index is 10.4. The van der Waals surface area contributed by atoms with E-state index in [1.54, 1.807) is 42.5 Å². The fourth-order valence-electron chi connectivity index (χ4n) is 2.43. The second-order valence-corrected chi connectivity index (χ2v) is 6.65. The summed E-state index contributed by atoms with van der Waals surface area (Å²) < 4.78 is 0. The van der Waals surface area contributed by atoms with Crippen LogP contribution in [0.25, 0.3) is 0 Å². The van der Waals surface area contributed by atoms with Crippen molar-refractivity contribution < 1.29 is 25.2 Å². The van der Waals surface area contributed by atoms with E-state index in [1.807, 2.05) is 6.08 Å². The van der Waals surface area contributed by atoms with Crippen LogP contribution in [0.15, 0.2) is 48.6 Å². The van der Waals surface area contributed by atoms with Crippen molar-refractivity contribution in [1.82, 2.24) is 0 Å². The van der Waals surface area contributed by atoms with Crippen molar-refractivity contribution in [3.05, 3.63) is 48.6 Å². The van der Waals surface area contributed by atoms with E-state index in [9.17, 15) is 20.1 Å². The molecule has 5 heteroatoms. The van der Waals surface area contributed by atoms with Crippen LogP contribution in [0.4, 0.5) is 0 Å². The SMILES string of the molecule is CCCCCC(O)C(O)/C=C/C=C/C=C\C=C\C(O)CCCCCC(=O)O. The smallest absolute Gasteiger partial charge is 0.303 e. The lowest BCUT2D eigenvalue weighted by molar-refractivity contribution is -0.137. The van der Waals surface area contributed by atoms with Crippen LogP contribution in [0.3, 0.4) is 0 Å². The molecule has 3 atom stereocenters. The number of hydrogen-bond donors (Lipinski definition) is 4. The van der Waals surface area contributed by atoms with Crippen molar-refractivity contribution >= 4 is 5.97 Å². The van der Waals surface area contributed by atoms with E-state index in [4.69, 9.17) is 5.11 Å². The third-order valence-corrected chi connectivity index (χ3v) is 4.09. The largest absolute Gasteiger partial charge is 0.481 e. The molecular formula is C22H36O5. The first kappa shape index (κ1) is 25.3. The molecule has 0 saturated heterocycles. The Morgan fingerprint density at radius 2 is 1.37 bits per heavy atom. The number of allylic oxidation sites excluding steroid dienone is 6. The summed E-state index contributed by atoms with van der Waals surface area (Å²) in [6, 6.07) is 0. The van der Waals surface area contributed by atoms with E-state index in [1.165, 1.54) is 0 Å². The van der Waals surface area contributed by atoms with Crippen LogP contribution in [0.1, 0.15) is 64.7 Å². The van der Waals surface area contributed by atoms with Crippen molar-refractivity contribution in [2.75, 3.05) is 0 Å². The minimum atomic E-state index is -0.846. The number of carboxylic acids is 1. The lowest BCUT2D eigenvalue weighted by Crippen LogP contribution is -2.23. The molecule has 3 unspecified atom stereocenters. The molecule has 5 nitrogen and oxygen atoms in total. The predicted octanol–water partition coefficient (Wildman–Crippen LogP) is 3.91. The average Bonchev–Trinajstić information content (AvgIpc) is 2.63. The average molecular weight is 381 g/mol. The molecule has 0 amide bonds. The number of hydrogen-bond acceptors (Lipinski definition) is 4. The highest BCUT2D eigenvalue weighted by atomic mass is 16.4. The number of aliphatic hydroxyl groups is 3. The molecule has 0 bridgehead atoms. The van der Waals surface area contributed by atoms with Crippen molar-refractivity contribution in [2.45, 2.75) is 83.0 Å². The second kappa shape index (κ2) is 17.7. The molecule has 0 aliphatic carbocycles. The van der Waals surface area contributed by atoms with Gasteiger partial charge in [0, 0.05) is 6.42 Å². The molecule has 0 heterocycles. The Bertz CT molecular complexity index is 479. The van der Waals surface area contributed by atoms with E-state index in [2.05, 4.69) is 6.92 Å². The summed E-state index contributed by atoms with van der Waals surface area (Å²) in [6.45, 7) is 2.10. The van der Waals surface area contributed by atoms with Gasteiger partial charge in [0.15, 0.2) is 0 Å². The summed E-state index contributed by atoms with van der Waals surface area (Å²) in [5, 5.41) is 37.9. The highest BCUT2D eigenvalue weighted by Crippen LogP contribution is 2.08. The first-order chi connectivity index (χ1) is 13.0. The monoisotopic (exact) mass is 380 g/mol. The minimum absolute atomic E-state index is 0.185. The van der Waals surface area contributed by atoms with Gasteiger partial charge < -0.3 is 20.4 Å². The van der Waals surface area contributed by atoms with Crippen LogP contribution < -0.4 is 0 Å².